The van der Waals surface area contributed by atoms with Crippen molar-refractivity contribution in [3.63, 3.8) is 0 Å². The molecular formula is C20H26N2O7. The van der Waals surface area contributed by atoms with E-state index in [4.69, 9.17) is 14.2 Å². The molecule has 3 rings (SSSR count). The van der Waals surface area contributed by atoms with Gasteiger partial charge in [-0.2, -0.15) is 4.98 Å². The van der Waals surface area contributed by atoms with E-state index in [2.05, 4.69) is 9.97 Å². The number of ether oxygens (including phenoxy) is 3. The lowest BCUT2D eigenvalue weighted by atomic mass is 9.99. The number of nitrogens with zero attached hydrogens (tertiary/aromatic N) is 2. The summed E-state index contributed by atoms with van der Waals surface area (Å²) in [6.07, 6.45) is -6.41. The van der Waals surface area contributed by atoms with Crippen LogP contribution in [0.1, 0.15) is 22.6 Å². The SMILES string of the molecule is COc1ccc(Cc2c(C)nc(C)nc2O[C@@H]2O[C@H](CO)[C@@H](O)[C@H](O)[C@H]2O)cc1. The Hall–Kier alpha value is -2.30. The molecule has 0 aliphatic carbocycles. The molecule has 1 aliphatic rings. The Morgan fingerprint density at radius 2 is 1.69 bits per heavy atom. The second kappa shape index (κ2) is 9.02. The lowest BCUT2D eigenvalue weighted by Gasteiger charge is -2.39. The minimum absolute atomic E-state index is 0.204. The molecule has 9 heteroatoms. The van der Waals surface area contributed by atoms with Gasteiger partial charge in [-0.25, -0.2) is 4.98 Å². The van der Waals surface area contributed by atoms with Crippen LogP contribution in [0, 0.1) is 13.8 Å². The van der Waals surface area contributed by atoms with Crippen molar-refractivity contribution >= 4 is 0 Å². The number of hydrogen-bond acceptors (Lipinski definition) is 9. The van der Waals surface area contributed by atoms with Gasteiger partial charge in [-0.1, -0.05) is 12.1 Å². The summed E-state index contributed by atoms with van der Waals surface area (Å²) in [5.74, 6) is 1.42. The molecule has 1 aliphatic heterocycles. The third kappa shape index (κ3) is 4.65. The van der Waals surface area contributed by atoms with Gasteiger partial charge < -0.3 is 34.6 Å². The Bertz CT molecular complexity index is 828. The Labute approximate surface area is 168 Å². The van der Waals surface area contributed by atoms with Crippen LogP contribution in [0.5, 0.6) is 11.6 Å². The standard InChI is InChI=1S/C20H26N2O7/c1-10-14(8-12-4-6-13(27-3)7-5-12)19(22-11(2)21-10)29-20-18(26)17(25)16(24)15(9-23)28-20/h4-7,15-18,20,23-26H,8-9H2,1-3H3/t15-,16-,17+,18-,20+/m1/s1. The average molecular weight is 406 g/mol. The highest BCUT2D eigenvalue weighted by Gasteiger charge is 2.45. The van der Waals surface area contributed by atoms with E-state index < -0.39 is 37.3 Å². The largest absolute Gasteiger partial charge is 0.497 e. The fourth-order valence-corrected chi connectivity index (χ4v) is 3.23. The number of aryl methyl sites for hydroxylation is 2. The summed E-state index contributed by atoms with van der Waals surface area (Å²) in [5, 5.41) is 39.6. The molecule has 1 aromatic heterocycles. The van der Waals surface area contributed by atoms with Gasteiger partial charge in [0.05, 0.1) is 13.7 Å². The molecule has 29 heavy (non-hydrogen) atoms. The van der Waals surface area contributed by atoms with E-state index in [1.54, 1.807) is 14.0 Å². The number of aliphatic hydroxyl groups is 4. The fraction of sp³-hybridized carbons (Fsp3) is 0.500. The molecule has 1 saturated heterocycles. The molecule has 0 spiro atoms. The number of benzene rings is 1. The van der Waals surface area contributed by atoms with Crippen molar-refractivity contribution in [1.82, 2.24) is 9.97 Å². The molecule has 9 nitrogen and oxygen atoms in total. The fourth-order valence-electron chi connectivity index (χ4n) is 3.23. The maximum Gasteiger partial charge on any atom is 0.231 e. The summed E-state index contributed by atoms with van der Waals surface area (Å²) >= 11 is 0. The van der Waals surface area contributed by atoms with Crippen molar-refractivity contribution in [3.05, 3.63) is 46.9 Å². The monoisotopic (exact) mass is 406 g/mol. The molecule has 2 aromatic rings. The number of hydrogen-bond donors (Lipinski definition) is 4. The Kier molecular flexibility index (Phi) is 6.66. The van der Waals surface area contributed by atoms with Gasteiger partial charge in [-0.05, 0) is 31.5 Å². The highest BCUT2D eigenvalue weighted by atomic mass is 16.7. The van der Waals surface area contributed by atoms with Crippen LogP contribution in [-0.4, -0.2) is 74.8 Å². The van der Waals surface area contributed by atoms with Crippen LogP contribution in [0.3, 0.4) is 0 Å². The minimum atomic E-state index is -1.53. The zero-order valence-electron chi connectivity index (χ0n) is 16.5. The summed E-state index contributed by atoms with van der Waals surface area (Å²) in [6, 6.07) is 7.52. The second-order valence-electron chi connectivity index (χ2n) is 6.98. The van der Waals surface area contributed by atoms with Gasteiger partial charge in [0.1, 0.15) is 36.0 Å². The van der Waals surface area contributed by atoms with E-state index in [1.165, 1.54) is 0 Å². The van der Waals surface area contributed by atoms with Crippen molar-refractivity contribution in [2.45, 2.75) is 51.0 Å². The molecule has 1 fully saturated rings. The van der Waals surface area contributed by atoms with E-state index in [-0.39, 0.29) is 5.88 Å². The van der Waals surface area contributed by atoms with Crippen LogP contribution in [0.15, 0.2) is 24.3 Å². The van der Waals surface area contributed by atoms with E-state index >= 15 is 0 Å². The van der Waals surface area contributed by atoms with Gasteiger partial charge in [-0.3, -0.25) is 0 Å². The van der Waals surface area contributed by atoms with Crippen LogP contribution in [-0.2, 0) is 11.2 Å². The maximum atomic E-state index is 10.3. The average Bonchev–Trinajstić information content (AvgIpc) is 2.71. The highest BCUT2D eigenvalue weighted by molar-refractivity contribution is 5.37. The molecule has 0 radical (unpaired) electrons. The normalized spacial score (nSPS) is 26.9. The van der Waals surface area contributed by atoms with Crippen LogP contribution in [0.4, 0.5) is 0 Å². The van der Waals surface area contributed by atoms with Crippen LogP contribution in [0.2, 0.25) is 0 Å². The maximum absolute atomic E-state index is 10.3. The van der Waals surface area contributed by atoms with E-state index in [1.807, 2.05) is 31.2 Å². The van der Waals surface area contributed by atoms with Crippen molar-refractivity contribution in [2.75, 3.05) is 13.7 Å². The molecule has 4 N–H and O–H groups in total. The van der Waals surface area contributed by atoms with Crippen molar-refractivity contribution < 1.29 is 34.6 Å². The molecule has 5 atom stereocenters. The van der Waals surface area contributed by atoms with E-state index in [9.17, 15) is 20.4 Å². The first-order valence-corrected chi connectivity index (χ1v) is 9.28. The Morgan fingerprint density at radius 3 is 2.31 bits per heavy atom. The third-order valence-electron chi connectivity index (χ3n) is 4.90. The Morgan fingerprint density at radius 1 is 1.00 bits per heavy atom. The first-order chi connectivity index (χ1) is 13.8. The van der Waals surface area contributed by atoms with Gasteiger partial charge in [0, 0.05) is 17.7 Å². The topological polar surface area (TPSA) is 134 Å². The zero-order chi connectivity index (χ0) is 21.1. The van der Waals surface area contributed by atoms with E-state index in [0.29, 0.717) is 23.5 Å². The van der Waals surface area contributed by atoms with Crippen LogP contribution in [0.25, 0.3) is 0 Å². The first-order valence-electron chi connectivity index (χ1n) is 9.28. The summed E-state index contributed by atoms with van der Waals surface area (Å²) in [7, 11) is 1.60. The van der Waals surface area contributed by atoms with Crippen LogP contribution < -0.4 is 9.47 Å². The predicted molar refractivity (Wildman–Crippen MR) is 102 cm³/mol. The summed E-state index contributed by atoms with van der Waals surface area (Å²) in [5.41, 5.74) is 2.37. The van der Waals surface area contributed by atoms with Gasteiger partial charge in [-0.15, -0.1) is 0 Å². The van der Waals surface area contributed by atoms with Crippen molar-refractivity contribution in [3.8, 4) is 11.6 Å². The quantitative estimate of drug-likeness (QED) is 0.517. The lowest BCUT2D eigenvalue weighted by Crippen LogP contribution is -2.60. The molecule has 0 amide bonds. The van der Waals surface area contributed by atoms with Crippen LogP contribution >= 0.6 is 0 Å². The molecule has 2 heterocycles. The smallest absolute Gasteiger partial charge is 0.231 e. The zero-order valence-corrected chi connectivity index (χ0v) is 16.5. The molecule has 1 aromatic carbocycles. The van der Waals surface area contributed by atoms with Crippen molar-refractivity contribution in [2.24, 2.45) is 0 Å². The van der Waals surface area contributed by atoms with E-state index in [0.717, 1.165) is 11.3 Å². The number of methoxy groups -OCH3 is 1. The van der Waals surface area contributed by atoms with Gasteiger partial charge >= 0.3 is 0 Å². The predicted octanol–water partition coefficient (Wildman–Crippen LogP) is -0.128. The number of aromatic nitrogens is 2. The Balaban J connectivity index is 1.88. The summed E-state index contributed by atoms with van der Waals surface area (Å²) in [6.45, 7) is 3.00. The first kappa shape index (κ1) is 21.4. The highest BCUT2D eigenvalue weighted by Crippen LogP contribution is 2.28. The number of aliphatic hydroxyl groups excluding tert-OH is 4. The van der Waals surface area contributed by atoms with Gasteiger partial charge in [0.2, 0.25) is 12.2 Å². The molecule has 0 bridgehead atoms. The lowest BCUT2D eigenvalue weighted by molar-refractivity contribution is -0.278. The summed E-state index contributed by atoms with van der Waals surface area (Å²) < 4.78 is 16.4. The second-order valence-corrected chi connectivity index (χ2v) is 6.98. The summed E-state index contributed by atoms with van der Waals surface area (Å²) in [4.78, 5) is 8.72. The molecule has 158 valence electrons. The minimum Gasteiger partial charge on any atom is -0.497 e. The number of rotatable bonds is 6. The van der Waals surface area contributed by atoms with Gasteiger partial charge in [0.15, 0.2) is 0 Å². The molecule has 0 saturated carbocycles. The molecule has 0 unspecified atom stereocenters. The van der Waals surface area contributed by atoms with Gasteiger partial charge in [0.25, 0.3) is 0 Å². The molecular weight excluding hydrogens is 380 g/mol. The third-order valence-corrected chi connectivity index (χ3v) is 4.90. The van der Waals surface area contributed by atoms with Crippen molar-refractivity contribution in [1.29, 1.82) is 0 Å².